The molecule has 1 aromatic carbocycles. The third-order valence-corrected chi connectivity index (χ3v) is 5.97. The Labute approximate surface area is 151 Å². The summed E-state index contributed by atoms with van der Waals surface area (Å²) in [4.78, 5) is 13.9. The monoisotopic (exact) mass is 371 g/mol. The number of carbonyl (C=O) groups excluding carboxylic acids is 1. The topological polar surface area (TPSA) is 116 Å². The van der Waals surface area contributed by atoms with Gasteiger partial charge in [0.2, 0.25) is 0 Å². The molecule has 1 N–H and O–H groups in total. The summed E-state index contributed by atoms with van der Waals surface area (Å²) >= 11 is 0. The van der Waals surface area contributed by atoms with Crippen molar-refractivity contribution < 1.29 is 13.2 Å². The summed E-state index contributed by atoms with van der Waals surface area (Å²) in [6, 6.07) is 11.8. The van der Waals surface area contributed by atoms with Gasteiger partial charge in [-0.15, -0.1) is 10.2 Å². The van der Waals surface area contributed by atoms with Gasteiger partial charge in [-0.3, -0.25) is 4.79 Å². The van der Waals surface area contributed by atoms with E-state index in [9.17, 15) is 13.2 Å². The Hall–Kier alpha value is -2.99. The summed E-state index contributed by atoms with van der Waals surface area (Å²) in [6.07, 6.45) is 0.437. The van der Waals surface area contributed by atoms with E-state index < -0.39 is 9.84 Å². The lowest BCUT2D eigenvalue weighted by molar-refractivity contribution is 0.0740. The maximum Gasteiger partial charge on any atom is 0.274 e. The number of carbonyl (C=O) groups is 1. The molecule has 1 aromatic heterocycles. The number of hydrogen-bond donors (Lipinski definition) is 1. The maximum absolute atomic E-state index is 12.5. The van der Waals surface area contributed by atoms with Crippen molar-refractivity contribution >= 4 is 27.2 Å². The average Bonchev–Trinajstić information content (AvgIpc) is 3.01. The van der Waals surface area contributed by atoms with Gasteiger partial charge in [0.1, 0.15) is 0 Å². The second kappa shape index (κ2) is 7.09. The van der Waals surface area contributed by atoms with Crippen LogP contribution in [0, 0.1) is 11.3 Å². The first-order chi connectivity index (χ1) is 12.4. The van der Waals surface area contributed by atoms with E-state index >= 15 is 0 Å². The van der Waals surface area contributed by atoms with Crippen molar-refractivity contribution in [3.63, 3.8) is 0 Å². The summed E-state index contributed by atoms with van der Waals surface area (Å²) in [5, 5.41) is 19.8. The third-order valence-electron chi connectivity index (χ3n) is 4.22. The number of sulfone groups is 1. The molecule has 1 aliphatic rings. The minimum absolute atomic E-state index is 0.0163. The molecule has 134 valence electrons. The summed E-state index contributed by atoms with van der Waals surface area (Å²) in [5.74, 6) is 0.156. The summed E-state index contributed by atoms with van der Waals surface area (Å²) < 4.78 is 23.1. The largest absolute Gasteiger partial charge is 0.339 e. The molecule has 1 unspecified atom stereocenters. The van der Waals surface area contributed by atoms with Gasteiger partial charge in [-0.2, -0.15) is 5.26 Å². The quantitative estimate of drug-likeness (QED) is 0.862. The number of benzene rings is 1. The standard InChI is InChI=1S/C17H17N5O3S/c1-22(14-7-8-26(24,25)11-14)17(23)15-5-6-16(21-20-15)19-13-4-2-3-12(9-13)10-18/h2-6,9,14H,7-8,11H2,1H3,(H,19,21). The summed E-state index contributed by atoms with van der Waals surface area (Å²) in [5.41, 5.74) is 1.35. The number of nitriles is 1. The van der Waals surface area contributed by atoms with Gasteiger partial charge < -0.3 is 10.2 Å². The molecule has 0 radical (unpaired) electrons. The molecular formula is C17H17N5O3S. The third kappa shape index (κ3) is 3.97. The molecule has 1 atom stereocenters. The van der Waals surface area contributed by atoms with Gasteiger partial charge in [0.15, 0.2) is 21.3 Å². The van der Waals surface area contributed by atoms with Crippen molar-refractivity contribution in [3.8, 4) is 6.07 Å². The van der Waals surface area contributed by atoms with Crippen LogP contribution < -0.4 is 5.32 Å². The Morgan fingerprint density at radius 1 is 1.31 bits per heavy atom. The lowest BCUT2D eigenvalue weighted by atomic mass is 10.2. The fourth-order valence-electron chi connectivity index (χ4n) is 2.75. The predicted octanol–water partition coefficient (Wildman–Crippen LogP) is 1.35. The Morgan fingerprint density at radius 2 is 2.12 bits per heavy atom. The number of nitrogens with zero attached hydrogens (tertiary/aromatic N) is 4. The average molecular weight is 371 g/mol. The van der Waals surface area contributed by atoms with Gasteiger partial charge in [0, 0.05) is 18.8 Å². The highest BCUT2D eigenvalue weighted by molar-refractivity contribution is 7.91. The number of aromatic nitrogens is 2. The molecule has 1 saturated heterocycles. The van der Waals surface area contributed by atoms with Crippen molar-refractivity contribution in [1.29, 1.82) is 5.26 Å². The lowest BCUT2D eigenvalue weighted by Gasteiger charge is -2.22. The molecule has 2 heterocycles. The molecule has 0 aliphatic carbocycles. The first kappa shape index (κ1) is 17.8. The first-order valence-electron chi connectivity index (χ1n) is 7.96. The van der Waals surface area contributed by atoms with E-state index in [-0.39, 0.29) is 29.1 Å². The molecule has 26 heavy (non-hydrogen) atoms. The molecule has 1 amide bonds. The van der Waals surface area contributed by atoms with E-state index in [1.54, 1.807) is 37.4 Å². The first-order valence-corrected chi connectivity index (χ1v) is 9.78. The van der Waals surface area contributed by atoms with E-state index in [2.05, 4.69) is 21.6 Å². The Morgan fingerprint density at radius 3 is 2.73 bits per heavy atom. The SMILES string of the molecule is CN(C(=O)c1ccc(Nc2cccc(C#N)c2)nn1)C1CCS(=O)(=O)C1. The summed E-state index contributed by atoms with van der Waals surface area (Å²) in [6.45, 7) is 0. The number of amides is 1. The van der Waals surface area contributed by atoms with Crippen LogP contribution in [0.3, 0.4) is 0 Å². The number of nitrogens with one attached hydrogen (secondary N) is 1. The van der Waals surface area contributed by atoms with Crippen LogP contribution in [0.2, 0.25) is 0 Å². The zero-order chi connectivity index (χ0) is 18.7. The molecule has 1 fully saturated rings. The highest BCUT2D eigenvalue weighted by Gasteiger charge is 2.33. The van der Waals surface area contributed by atoms with Crippen LogP contribution in [-0.2, 0) is 9.84 Å². The fraction of sp³-hybridized carbons (Fsp3) is 0.294. The van der Waals surface area contributed by atoms with E-state index in [0.717, 1.165) is 0 Å². The molecule has 9 heteroatoms. The van der Waals surface area contributed by atoms with Gasteiger partial charge in [0.05, 0.1) is 23.1 Å². The minimum Gasteiger partial charge on any atom is -0.339 e. The summed E-state index contributed by atoms with van der Waals surface area (Å²) in [7, 11) is -1.49. The molecule has 0 bridgehead atoms. The zero-order valence-corrected chi connectivity index (χ0v) is 14.9. The van der Waals surface area contributed by atoms with Crippen molar-refractivity contribution in [2.45, 2.75) is 12.5 Å². The zero-order valence-electron chi connectivity index (χ0n) is 14.1. The van der Waals surface area contributed by atoms with Crippen LogP contribution in [0.15, 0.2) is 36.4 Å². The molecule has 2 aromatic rings. The predicted molar refractivity (Wildman–Crippen MR) is 95.6 cm³/mol. The number of anilines is 2. The smallest absolute Gasteiger partial charge is 0.274 e. The van der Waals surface area contributed by atoms with E-state index in [0.29, 0.717) is 23.5 Å². The maximum atomic E-state index is 12.5. The second-order valence-corrected chi connectivity index (χ2v) is 8.32. The highest BCUT2D eigenvalue weighted by Crippen LogP contribution is 2.19. The molecular weight excluding hydrogens is 354 g/mol. The molecule has 3 rings (SSSR count). The van der Waals surface area contributed by atoms with Crippen LogP contribution in [-0.4, -0.2) is 54.0 Å². The second-order valence-electron chi connectivity index (χ2n) is 6.09. The lowest BCUT2D eigenvalue weighted by Crippen LogP contribution is -2.38. The van der Waals surface area contributed by atoms with Crippen molar-refractivity contribution in [2.75, 3.05) is 23.9 Å². The Kier molecular flexibility index (Phi) is 4.86. The van der Waals surface area contributed by atoms with Crippen molar-refractivity contribution in [1.82, 2.24) is 15.1 Å². The molecule has 0 spiro atoms. The molecule has 0 saturated carbocycles. The normalized spacial score (nSPS) is 18.1. The fourth-order valence-corrected chi connectivity index (χ4v) is 4.53. The Balaban J connectivity index is 1.69. The van der Waals surface area contributed by atoms with Crippen LogP contribution in [0.1, 0.15) is 22.5 Å². The molecule has 1 aliphatic heterocycles. The van der Waals surface area contributed by atoms with Crippen molar-refractivity contribution in [2.24, 2.45) is 0 Å². The van der Waals surface area contributed by atoms with E-state index in [1.807, 2.05) is 0 Å². The van der Waals surface area contributed by atoms with Gasteiger partial charge in [-0.25, -0.2) is 8.42 Å². The minimum atomic E-state index is -3.07. The van der Waals surface area contributed by atoms with Gasteiger partial charge in [-0.05, 0) is 36.8 Å². The number of hydrogen-bond acceptors (Lipinski definition) is 7. The molecule has 8 nitrogen and oxygen atoms in total. The van der Waals surface area contributed by atoms with Gasteiger partial charge >= 0.3 is 0 Å². The van der Waals surface area contributed by atoms with Crippen LogP contribution >= 0.6 is 0 Å². The van der Waals surface area contributed by atoms with E-state index in [4.69, 9.17) is 5.26 Å². The van der Waals surface area contributed by atoms with Gasteiger partial charge in [0.25, 0.3) is 5.91 Å². The van der Waals surface area contributed by atoms with Gasteiger partial charge in [-0.1, -0.05) is 6.07 Å². The number of rotatable bonds is 4. The van der Waals surface area contributed by atoms with E-state index in [1.165, 1.54) is 11.0 Å². The van der Waals surface area contributed by atoms with Crippen LogP contribution in [0.25, 0.3) is 0 Å². The Bertz CT molecular complexity index is 967. The van der Waals surface area contributed by atoms with Crippen LogP contribution in [0.5, 0.6) is 0 Å². The highest BCUT2D eigenvalue weighted by atomic mass is 32.2. The van der Waals surface area contributed by atoms with Crippen LogP contribution in [0.4, 0.5) is 11.5 Å². The van der Waals surface area contributed by atoms with Crippen molar-refractivity contribution in [3.05, 3.63) is 47.7 Å².